The van der Waals surface area contributed by atoms with E-state index in [1.807, 2.05) is 30.3 Å². The van der Waals surface area contributed by atoms with E-state index in [4.69, 9.17) is 23.7 Å². The first-order chi connectivity index (χ1) is 18.1. The molecule has 0 aliphatic heterocycles. The van der Waals surface area contributed by atoms with E-state index in [0.717, 1.165) is 10.5 Å². The van der Waals surface area contributed by atoms with Crippen LogP contribution in [0.25, 0.3) is 0 Å². The van der Waals surface area contributed by atoms with Gasteiger partial charge in [-0.2, -0.15) is 0 Å². The molecule has 0 N–H and O–H groups in total. The third-order valence-electron chi connectivity index (χ3n) is 4.69. The number of hydrogen-bond donors (Lipinski definition) is 0. The minimum Gasteiger partial charge on any atom is -0.478 e. The number of carbonyl (C=O) groups is 4. The lowest BCUT2D eigenvalue weighted by atomic mass is 10.1. The first-order valence-electron chi connectivity index (χ1n) is 12.4. The Hall–Kier alpha value is -4.08. The van der Waals surface area contributed by atoms with Crippen LogP contribution in [0.4, 0.5) is 4.79 Å². The van der Waals surface area contributed by atoms with Gasteiger partial charge in [0.05, 0.1) is 6.54 Å². The summed E-state index contributed by atoms with van der Waals surface area (Å²) in [6.45, 7) is 9.30. The van der Waals surface area contributed by atoms with Crippen LogP contribution in [0.2, 0.25) is 0 Å². The second kappa shape index (κ2) is 13.6. The standard InChI is InChI=1S/C29H37NO9/c1-28(2,3)38-25(32)18-35-23-14-13-21(15-24(23)36-19-26(33)39-29(4,5)6)22(31)16-30(7)27(34)37-17-20-11-9-8-10-12-20/h8-15H,16-19H2,1-7H3. The van der Waals surface area contributed by atoms with E-state index >= 15 is 0 Å². The number of benzene rings is 2. The molecule has 0 atom stereocenters. The molecule has 10 heteroatoms. The van der Waals surface area contributed by atoms with E-state index < -0.39 is 48.2 Å². The fraction of sp³-hybridized carbons (Fsp3) is 0.448. The Labute approximate surface area is 229 Å². The van der Waals surface area contributed by atoms with Crippen LogP contribution in [0, 0.1) is 0 Å². The van der Waals surface area contributed by atoms with Gasteiger partial charge in [0.15, 0.2) is 30.5 Å². The molecule has 0 aromatic heterocycles. The number of hydrogen-bond acceptors (Lipinski definition) is 9. The summed E-state index contributed by atoms with van der Waals surface area (Å²) < 4.78 is 26.9. The Morgan fingerprint density at radius 1 is 0.744 bits per heavy atom. The molecule has 0 heterocycles. The Bertz CT molecular complexity index is 1150. The average molecular weight is 544 g/mol. The SMILES string of the molecule is CN(CC(=O)c1ccc(OCC(=O)OC(C)(C)C)c(OCC(=O)OC(C)(C)C)c1)C(=O)OCc1ccccc1. The van der Waals surface area contributed by atoms with Crippen LogP contribution < -0.4 is 9.47 Å². The van der Waals surface area contributed by atoms with Crippen molar-refractivity contribution in [3.8, 4) is 11.5 Å². The molecule has 212 valence electrons. The molecule has 39 heavy (non-hydrogen) atoms. The van der Waals surface area contributed by atoms with Crippen LogP contribution in [0.5, 0.6) is 11.5 Å². The summed E-state index contributed by atoms with van der Waals surface area (Å²) in [6, 6.07) is 13.5. The molecule has 0 aliphatic rings. The number of ketones is 1. The number of carbonyl (C=O) groups excluding carboxylic acids is 4. The Kier molecular flexibility index (Phi) is 10.9. The second-order valence-corrected chi connectivity index (χ2v) is 10.7. The van der Waals surface area contributed by atoms with E-state index in [2.05, 4.69) is 0 Å². The Morgan fingerprint density at radius 3 is 1.82 bits per heavy atom. The first kappa shape index (κ1) is 31.1. The van der Waals surface area contributed by atoms with Crippen molar-refractivity contribution in [1.29, 1.82) is 0 Å². The normalized spacial score (nSPS) is 11.3. The third kappa shape index (κ3) is 11.9. The summed E-state index contributed by atoms with van der Waals surface area (Å²) in [6.07, 6.45) is -0.661. The summed E-state index contributed by atoms with van der Waals surface area (Å²) in [5, 5.41) is 0. The lowest BCUT2D eigenvalue weighted by molar-refractivity contribution is -0.158. The maximum atomic E-state index is 12.9. The van der Waals surface area contributed by atoms with Gasteiger partial charge in [0.1, 0.15) is 17.8 Å². The molecule has 2 aromatic rings. The molecule has 0 fully saturated rings. The van der Waals surface area contributed by atoms with Gasteiger partial charge in [0, 0.05) is 12.6 Å². The van der Waals surface area contributed by atoms with E-state index in [9.17, 15) is 19.2 Å². The highest BCUT2D eigenvalue weighted by molar-refractivity contribution is 5.99. The number of amides is 1. The van der Waals surface area contributed by atoms with Gasteiger partial charge in [0.25, 0.3) is 0 Å². The van der Waals surface area contributed by atoms with Crippen LogP contribution in [-0.2, 0) is 30.4 Å². The monoisotopic (exact) mass is 543 g/mol. The zero-order valence-electron chi connectivity index (χ0n) is 23.6. The van der Waals surface area contributed by atoms with Gasteiger partial charge in [-0.15, -0.1) is 0 Å². The highest BCUT2D eigenvalue weighted by atomic mass is 16.6. The van der Waals surface area contributed by atoms with Crippen LogP contribution in [0.1, 0.15) is 57.5 Å². The molecule has 2 aromatic carbocycles. The topological polar surface area (TPSA) is 118 Å². The molecule has 0 radical (unpaired) electrons. The maximum absolute atomic E-state index is 12.9. The van der Waals surface area contributed by atoms with Gasteiger partial charge in [-0.25, -0.2) is 14.4 Å². The summed E-state index contributed by atoms with van der Waals surface area (Å²) in [7, 11) is 1.45. The number of ether oxygens (including phenoxy) is 5. The molecule has 0 aliphatic carbocycles. The second-order valence-electron chi connectivity index (χ2n) is 10.7. The Balaban J connectivity index is 2.10. The largest absolute Gasteiger partial charge is 0.478 e. The number of esters is 2. The van der Waals surface area contributed by atoms with Gasteiger partial charge >= 0.3 is 18.0 Å². The quantitative estimate of drug-likeness (QED) is 0.228. The van der Waals surface area contributed by atoms with Crippen molar-refractivity contribution in [2.45, 2.75) is 59.4 Å². The lowest BCUT2D eigenvalue weighted by Gasteiger charge is -2.21. The first-order valence-corrected chi connectivity index (χ1v) is 12.4. The number of likely N-dealkylation sites (N-methyl/N-ethyl adjacent to an activating group) is 1. The third-order valence-corrected chi connectivity index (χ3v) is 4.69. The lowest BCUT2D eigenvalue weighted by Crippen LogP contribution is -2.32. The fourth-order valence-electron chi connectivity index (χ4n) is 3.13. The molecule has 10 nitrogen and oxygen atoms in total. The molecule has 0 saturated heterocycles. The summed E-state index contributed by atoms with van der Waals surface area (Å²) >= 11 is 0. The van der Waals surface area contributed by atoms with Gasteiger partial charge in [-0.3, -0.25) is 4.79 Å². The summed E-state index contributed by atoms with van der Waals surface area (Å²) in [4.78, 5) is 50.7. The van der Waals surface area contributed by atoms with Crippen molar-refractivity contribution >= 4 is 23.8 Å². The molecular weight excluding hydrogens is 506 g/mol. The van der Waals surface area contributed by atoms with E-state index in [-0.39, 0.29) is 30.2 Å². The molecule has 0 unspecified atom stereocenters. The maximum Gasteiger partial charge on any atom is 0.410 e. The molecule has 0 bridgehead atoms. The van der Waals surface area contributed by atoms with Crippen molar-refractivity contribution in [2.75, 3.05) is 26.8 Å². The number of nitrogens with zero attached hydrogens (tertiary/aromatic N) is 1. The predicted molar refractivity (Wildman–Crippen MR) is 143 cm³/mol. The van der Waals surface area contributed by atoms with E-state index in [0.29, 0.717) is 0 Å². The minimum atomic E-state index is -0.714. The van der Waals surface area contributed by atoms with Crippen LogP contribution in [0.3, 0.4) is 0 Å². The molecule has 1 amide bonds. The van der Waals surface area contributed by atoms with Crippen molar-refractivity contribution in [3.05, 3.63) is 59.7 Å². The smallest absolute Gasteiger partial charge is 0.410 e. The zero-order chi connectivity index (χ0) is 29.2. The van der Waals surface area contributed by atoms with Gasteiger partial charge in [-0.1, -0.05) is 30.3 Å². The highest BCUT2D eigenvalue weighted by Crippen LogP contribution is 2.29. The number of Topliss-reactive ketones (excluding diaryl/α,β-unsaturated/α-hetero) is 1. The highest BCUT2D eigenvalue weighted by Gasteiger charge is 2.22. The molecular formula is C29H37NO9. The average Bonchev–Trinajstić information content (AvgIpc) is 2.83. The fourth-order valence-corrected chi connectivity index (χ4v) is 3.13. The van der Waals surface area contributed by atoms with Crippen LogP contribution >= 0.6 is 0 Å². The van der Waals surface area contributed by atoms with E-state index in [1.165, 1.54) is 25.2 Å². The van der Waals surface area contributed by atoms with Crippen LogP contribution in [-0.4, -0.2) is 66.7 Å². The van der Waals surface area contributed by atoms with Crippen LogP contribution in [0.15, 0.2) is 48.5 Å². The summed E-state index contributed by atoms with van der Waals surface area (Å²) in [5.41, 5.74) is -0.393. The Morgan fingerprint density at radius 2 is 1.28 bits per heavy atom. The molecule has 0 spiro atoms. The molecule has 0 saturated carbocycles. The predicted octanol–water partition coefficient (Wildman–Crippen LogP) is 4.58. The van der Waals surface area contributed by atoms with Crippen molar-refractivity contribution < 1.29 is 42.9 Å². The minimum absolute atomic E-state index is 0.0459. The van der Waals surface area contributed by atoms with Gasteiger partial charge in [-0.05, 0) is 65.3 Å². The summed E-state index contributed by atoms with van der Waals surface area (Å²) in [5.74, 6) is -1.47. The zero-order valence-corrected chi connectivity index (χ0v) is 23.6. The number of rotatable bonds is 11. The van der Waals surface area contributed by atoms with Gasteiger partial charge < -0.3 is 28.6 Å². The van der Waals surface area contributed by atoms with Crippen molar-refractivity contribution in [2.24, 2.45) is 0 Å². The van der Waals surface area contributed by atoms with Gasteiger partial charge in [0.2, 0.25) is 0 Å². The van der Waals surface area contributed by atoms with Crippen molar-refractivity contribution in [1.82, 2.24) is 4.90 Å². The van der Waals surface area contributed by atoms with Crippen molar-refractivity contribution in [3.63, 3.8) is 0 Å². The van der Waals surface area contributed by atoms with E-state index in [1.54, 1.807) is 41.5 Å². The molecule has 2 rings (SSSR count).